The van der Waals surface area contributed by atoms with Gasteiger partial charge in [-0.2, -0.15) is 4.98 Å². The number of nitrogens with one attached hydrogen (secondary N) is 2. The molecule has 1 aromatic rings. The molecule has 2 rings (SSSR count). The molecule has 94 valence electrons. The van der Waals surface area contributed by atoms with Crippen LogP contribution in [0, 0.1) is 6.92 Å². The lowest BCUT2D eigenvalue weighted by molar-refractivity contribution is 0.425. The third kappa shape index (κ3) is 4.19. The Morgan fingerprint density at radius 2 is 2.12 bits per heavy atom. The topological polar surface area (TPSA) is 53.1 Å². The molecule has 0 radical (unpaired) electrons. The van der Waals surface area contributed by atoms with Crippen LogP contribution in [-0.2, 0) is 0 Å². The molecule has 0 aliphatic heterocycles. The van der Waals surface area contributed by atoms with Gasteiger partial charge in [0.1, 0.15) is 5.82 Å². The first kappa shape index (κ1) is 12.1. The summed E-state index contributed by atoms with van der Waals surface area (Å²) >= 11 is 0. The smallest absolute Gasteiger partial charge is 0.225 e. The van der Waals surface area contributed by atoms with Crippen molar-refractivity contribution < 1.29 is 0 Å². The fourth-order valence-corrected chi connectivity index (χ4v) is 1.54. The maximum Gasteiger partial charge on any atom is 0.225 e. The van der Waals surface area contributed by atoms with Gasteiger partial charge in [0.25, 0.3) is 0 Å². The molecule has 0 atom stereocenters. The molecule has 1 aromatic heterocycles. The first-order valence-electron chi connectivity index (χ1n) is 6.14. The van der Waals surface area contributed by atoms with Crippen LogP contribution in [0.5, 0.6) is 0 Å². The van der Waals surface area contributed by atoms with Crippen LogP contribution in [0.25, 0.3) is 0 Å². The molecule has 2 N–H and O–H groups in total. The van der Waals surface area contributed by atoms with Gasteiger partial charge in [-0.15, -0.1) is 0 Å². The standard InChI is InChI=1S/C12H21N5/c1-9-8-11(13-6-7-17(2)3)16-12(14-9)15-10-4-5-10/h8,10H,4-7H2,1-3H3,(H2,13,14,15,16). The molecule has 0 amide bonds. The van der Waals surface area contributed by atoms with Crippen molar-refractivity contribution in [3.05, 3.63) is 11.8 Å². The molecular formula is C12H21N5. The minimum absolute atomic E-state index is 0.589. The van der Waals surface area contributed by atoms with Gasteiger partial charge in [0, 0.05) is 30.9 Å². The quantitative estimate of drug-likeness (QED) is 0.779. The van der Waals surface area contributed by atoms with E-state index in [0.717, 1.165) is 30.5 Å². The van der Waals surface area contributed by atoms with E-state index in [1.54, 1.807) is 0 Å². The number of likely N-dealkylation sites (N-methyl/N-ethyl adjacent to an activating group) is 1. The molecule has 0 unspecified atom stereocenters. The molecule has 1 saturated carbocycles. The van der Waals surface area contributed by atoms with Crippen molar-refractivity contribution in [1.29, 1.82) is 0 Å². The summed E-state index contributed by atoms with van der Waals surface area (Å²) in [5, 5.41) is 6.64. The fourth-order valence-electron chi connectivity index (χ4n) is 1.54. The van der Waals surface area contributed by atoms with Crippen LogP contribution in [0.15, 0.2) is 6.07 Å². The van der Waals surface area contributed by atoms with Gasteiger partial charge in [0.15, 0.2) is 0 Å². The van der Waals surface area contributed by atoms with E-state index in [2.05, 4.69) is 39.6 Å². The van der Waals surface area contributed by atoms with Gasteiger partial charge in [-0.25, -0.2) is 4.98 Å². The molecule has 1 aliphatic carbocycles. The maximum absolute atomic E-state index is 4.46. The van der Waals surface area contributed by atoms with E-state index in [1.165, 1.54) is 12.8 Å². The second-order valence-corrected chi connectivity index (χ2v) is 4.87. The zero-order valence-corrected chi connectivity index (χ0v) is 10.8. The second kappa shape index (κ2) is 5.31. The summed E-state index contributed by atoms with van der Waals surface area (Å²) in [6, 6.07) is 2.57. The third-order valence-corrected chi connectivity index (χ3v) is 2.63. The van der Waals surface area contributed by atoms with Crippen molar-refractivity contribution >= 4 is 11.8 Å². The van der Waals surface area contributed by atoms with Crippen LogP contribution >= 0.6 is 0 Å². The minimum atomic E-state index is 0.589. The van der Waals surface area contributed by atoms with Gasteiger partial charge in [0.2, 0.25) is 5.95 Å². The van der Waals surface area contributed by atoms with E-state index >= 15 is 0 Å². The Morgan fingerprint density at radius 3 is 2.76 bits per heavy atom. The number of aromatic nitrogens is 2. The molecule has 1 heterocycles. The lowest BCUT2D eigenvalue weighted by Crippen LogP contribution is -2.21. The Balaban J connectivity index is 1.92. The minimum Gasteiger partial charge on any atom is -0.369 e. The second-order valence-electron chi connectivity index (χ2n) is 4.87. The van der Waals surface area contributed by atoms with Crippen molar-refractivity contribution in [3.8, 4) is 0 Å². The Hall–Kier alpha value is -1.36. The monoisotopic (exact) mass is 235 g/mol. The number of anilines is 2. The van der Waals surface area contributed by atoms with Crippen molar-refractivity contribution in [2.75, 3.05) is 37.8 Å². The number of rotatable bonds is 6. The summed E-state index contributed by atoms with van der Waals surface area (Å²) in [6.45, 7) is 3.89. The number of hydrogen-bond donors (Lipinski definition) is 2. The SMILES string of the molecule is Cc1cc(NCCN(C)C)nc(NC2CC2)n1. The Kier molecular flexibility index (Phi) is 3.78. The molecule has 0 bridgehead atoms. The van der Waals surface area contributed by atoms with E-state index < -0.39 is 0 Å². The highest BCUT2D eigenvalue weighted by Crippen LogP contribution is 2.23. The summed E-state index contributed by atoms with van der Waals surface area (Å²) in [5.41, 5.74) is 0.996. The summed E-state index contributed by atoms with van der Waals surface area (Å²) in [7, 11) is 4.12. The van der Waals surface area contributed by atoms with Crippen molar-refractivity contribution in [2.24, 2.45) is 0 Å². The van der Waals surface area contributed by atoms with Crippen LogP contribution in [0.2, 0.25) is 0 Å². The predicted octanol–water partition coefficient (Wildman–Crippen LogP) is 1.33. The predicted molar refractivity (Wildman–Crippen MR) is 70.5 cm³/mol. The normalized spacial score (nSPS) is 15.1. The Morgan fingerprint density at radius 1 is 1.35 bits per heavy atom. The van der Waals surface area contributed by atoms with E-state index in [1.807, 2.05) is 13.0 Å². The molecule has 5 nitrogen and oxygen atoms in total. The largest absolute Gasteiger partial charge is 0.369 e. The molecule has 0 aromatic carbocycles. The van der Waals surface area contributed by atoms with Gasteiger partial charge >= 0.3 is 0 Å². The highest BCUT2D eigenvalue weighted by atomic mass is 15.2. The molecule has 1 fully saturated rings. The number of hydrogen-bond acceptors (Lipinski definition) is 5. The van der Waals surface area contributed by atoms with Crippen LogP contribution in [0.4, 0.5) is 11.8 Å². The summed E-state index contributed by atoms with van der Waals surface area (Å²) < 4.78 is 0. The van der Waals surface area contributed by atoms with Gasteiger partial charge in [-0.3, -0.25) is 0 Å². The van der Waals surface area contributed by atoms with Crippen LogP contribution in [-0.4, -0.2) is 48.1 Å². The summed E-state index contributed by atoms with van der Waals surface area (Å²) in [6.07, 6.45) is 2.47. The molecule has 17 heavy (non-hydrogen) atoms. The van der Waals surface area contributed by atoms with Crippen LogP contribution < -0.4 is 10.6 Å². The lowest BCUT2D eigenvalue weighted by Gasteiger charge is -2.12. The zero-order valence-electron chi connectivity index (χ0n) is 10.8. The van der Waals surface area contributed by atoms with Gasteiger partial charge in [-0.1, -0.05) is 0 Å². The van der Waals surface area contributed by atoms with Gasteiger partial charge in [0.05, 0.1) is 0 Å². The lowest BCUT2D eigenvalue weighted by atomic mass is 10.4. The molecule has 1 aliphatic rings. The van der Waals surface area contributed by atoms with Crippen LogP contribution in [0.3, 0.4) is 0 Å². The van der Waals surface area contributed by atoms with Crippen molar-refractivity contribution in [2.45, 2.75) is 25.8 Å². The van der Waals surface area contributed by atoms with Crippen molar-refractivity contribution in [1.82, 2.24) is 14.9 Å². The Labute approximate surface area is 103 Å². The summed E-state index contributed by atoms with van der Waals surface area (Å²) in [5.74, 6) is 1.65. The van der Waals surface area contributed by atoms with E-state index in [0.29, 0.717) is 6.04 Å². The Bertz CT molecular complexity index is 373. The van der Waals surface area contributed by atoms with Crippen molar-refractivity contribution in [3.63, 3.8) is 0 Å². The van der Waals surface area contributed by atoms with Gasteiger partial charge < -0.3 is 15.5 Å². The first-order chi connectivity index (χ1) is 8.13. The van der Waals surface area contributed by atoms with E-state index in [4.69, 9.17) is 0 Å². The maximum atomic E-state index is 4.46. The number of aryl methyl sites for hydroxylation is 1. The number of nitrogens with zero attached hydrogens (tertiary/aromatic N) is 3. The average Bonchev–Trinajstić information content (AvgIpc) is 3.00. The highest BCUT2D eigenvalue weighted by Gasteiger charge is 2.22. The zero-order chi connectivity index (χ0) is 12.3. The highest BCUT2D eigenvalue weighted by molar-refractivity contribution is 5.43. The van der Waals surface area contributed by atoms with E-state index in [9.17, 15) is 0 Å². The fraction of sp³-hybridized carbons (Fsp3) is 0.667. The third-order valence-electron chi connectivity index (χ3n) is 2.63. The first-order valence-corrected chi connectivity index (χ1v) is 6.14. The van der Waals surface area contributed by atoms with Crippen LogP contribution in [0.1, 0.15) is 18.5 Å². The van der Waals surface area contributed by atoms with Gasteiger partial charge in [-0.05, 0) is 33.9 Å². The molecule has 5 heteroatoms. The molecule has 0 spiro atoms. The average molecular weight is 235 g/mol. The van der Waals surface area contributed by atoms with E-state index in [-0.39, 0.29) is 0 Å². The molecule has 0 saturated heterocycles. The molecular weight excluding hydrogens is 214 g/mol. The summed E-state index contributed by atoms with van der Waals surface area (Å²) in [4.78, 5) is 11.0.